The van der Waals surface area contributed by atoms with Crippen molar-refractivity contribution < 1.29 is 80.2 Å². The van der Waals surface area contributed by atoms with Gasteiger partial charge < -0.3 is 33.8 Å². The number of phosphoric ester groups is 2. The van der Waals surface area contributed by atoms with E-state index in [4.69, 9.17) is 37.0 Å². The van der Waals surface area contributed by atoms with E-state index >= 15 is 0 Å². The lowest BCUT2D eigenvalue weighted by atomic mass is 10.0. The topological polar surface area (TPSA) is 237 Å². The minimum Gasteiger partial charge on any atom is -0.462 e. The van der Waals surface area contributed by atoms with Crippen LogP contribution < -0.4 is 0 Å². The number of aliphatic hydroxyl groups excluding tert-OH is 1. The minimum absolute atomic E-state index is 0.106. The molecule has 0 heterocycles. The van der Waals surface area contributed by atoms with Gasteiger partial charge in [-0.3, -0.25) is 37.3 Å². The molecule has 0 aromatic rings. The van der Waals surface area contributed by atoms with Crippen molar-refractivity contribution in [3.63, 3.8) is 0 Å². The lowest BCUT2D eigenvalue weighted by Gasteiger charge is -2.21. The van der Waals surface area contributed by atoms with E-state index in [-0.39, 0.29) is 25.7 Å². The van der Waals surface area contributed by atoms with Crippen LogP contribution in [0.4, 0.5) is 0 Å². The molecule has 0 bridgehead atoms. The fourth-order valence-corrected chi connectivity index (χ4v) is 13.1. The molecule has 0 rings (SSSR count). The van der Waals surface area contributed by atoms with Gasteiger partial charge in [-0.1, -0.05) is 337 Å². The summed E-state index contributed by atoms with van der Waals surface area (Å²) < 4.78 is 68.3. The molecule has 0 aromatic heterocycles. The van der Waals surface area contributed by atoms with Crippen LogP contribution in [0.5, 0.6) is 0 Å². The third-order valence-electron chi connectivity index (χ3n) is 17.5. The number of carbonyl (C=O) groups excluding carboxylic acids is 4. The molecule has 94 heavy (non-hydrogen) atoms. The fraction of sp³-hybridized carbons (Fsp3) is 0.947. The second kappa shape index (κ2) is 66.9. The van der Waals surface area contributed by atoms with E-state index in [9.17, 15) is 43.2 Å². The zero-order valence-corrected chi connectivity index (χ0v) is 63.1. The van der Waals surface area contributed by atoms with Crippen molar-refractivity contribution in [2.45, 2.75) is 407 Å². The van der Waals surface area contributed by atoms with Gasteiger partial charge in [-0.25, -0.2) is 9.13 Å². The summed E-state index contributed by atoms with van der Waals surface area (Å²) in [5.41, 5.74) is 0. The Morgan fingerprint density at radius 3 is 0.723 bits per heavy atom. The predicted molar refractivity (Wildman–Crippen MR) is 381 cm³/mol. The Hall–Kier alpha value is -1.94. The van der Waals surface area contributed by atoms with Crippen molar-refractivity contribution in [1.29, 1.82) is 0 Å². The molecule has 0 saturated carbocycles. The number of phosphoric acid groups is 2. The third-order valence-corrected chi connectivity index (χ3v) is 19.4. The first kappa shape index (κ1) is 92.1. The number of rotatable bonds is 74. The molecule has 0 fully saturated rings. The molecular formula is C75H146O17P2. The van der Waals surface area contributed by atoms with E-state index < -0.39 is 97.5 Å². The van der Waals surface area contributed by atoms with Gasteiger partial charge in [0, 0.05) is 25.7 Å². The van der Waals surface area contributed by atoms with Crippen LogP contribution in [0.25, 0.3) is 0 Å². The van der Waals surface area contributed by atoms with E-state index in [0.29, 0.717) is 25.7 Å². The second-order valence-electron chi connectivity index (χ2n) is 28.0. The highest BCUT2D eigenvalue weighted by Crippen LogP contribution is 2.45. The van der Waals surface area contributed by atoms with E-state index in [1.807, 2.05) is 0 Å². The number of unbranched alkanes of at least 4 members (excludes halogenated alkanes) is 44. The van der Waals surface area contributed by atoms with Gasteiger partial charge in [-0.05, 0) is 37.5 Å². The maximum absolute atomic E-state index is 13.1. The molecule has 5 atom stereocenters. The summed E-state index contributed by atoms with van der Waals surface area (Å²) in [5, 5.41) is 10.6. The lowest BCUT2D eigenvalue weighted by molar-refractivity contribution is -0.161. The van der Waals surface area contributed by atoms with Gasteiger partial charge in [0.2, 0.25) is 0 Å². The highest BCUT2D eigenvalue weighted by molar-refractivity contribution is 7.47. The van der Waals surface area contributed by atoms with E-state index in [2.05, 4.69) is 41.5 Å². The minimum atomic E-state index is -4.95. The predicted octanol–water partition coefficient (Wildman–Crippen LogP) is 21.9. The van der Waals surface area contributed by atoms with Crippen molar-refractivity contribution in [2.24, 2.45) is 11.8 Å². The van der Waals surface area contributed by atoms with Crippen LogP contribution in [-0.2, 0) is 65.4 Å². The Balaban J connectivity index is 5.14. The molecule has 0 aliphatic rings. The Bertz CT molecular complexity index is 1820. The normalized spacial score (nSPS) is 14.0. The maximum atomic E-state index is 13.1. The molecule has 19 heteroatoms. The van der Waals surface area contributed by atoms with Crippen molar-refractivity contribution >= 4 is 39.5 Å². The summed E-state index contributed by atoms with van der Waals surface area (Å²) in [4.78, 5) is 72.5. The van der Waals surface area contributed by atoms with E-state index in [0.717, 1.165) is 108 Å². The number of hydrogen-bond donors (Lipinski definition) is 3. The zero-order chi connectivity index (χ0) is 69.3. The zero-order valence-electron chi connectivity index (χ0n) is 61.3. The first-order valence-electron chi connectivity index (χ1n) is 39.0. The van der Waals surface area contributed by atoms with Crippen LogP contribution in [0.2, 0.25) is 0 Å². The molecule has 0 saturated heterocycles. The summed E-state index contributed by atoms with van der Waals surface area (Å²) >= 11 is 0. The number of ether oxygens (including phenoxy) is 4. The Morgan fingerprint density at radius 1 is 0.287 bits per heavy atom. The standard InChI is InChI=1S/C75H146O17P2/c1-7-9-11-13-14-15-16-17-18-19-20-21-22-25-31-36-41-47-53-59-75(80)92-71(64-86-73(78)58-52-46-40-35-30-26-23-24-28-33-38-44-49-55-67(3)4)66-90-94(83,84)88-62-69(76)61-87-93(81,82)89-65-70(63-85-72(77)57-51-43-12-10-8-2)91-74(79)60-54-48-42-37-32-27-29-34-39-45-50-56-68(5)6/h67-71,76H,7-66H2,1-6H3,(H,81,82)(H,83,84)/t69-,70+,71+/m0/s1. The molecule has 0 radical (unpaired) electrons. The summed E-state index contributed by atoms with van der Waals surface area (Å²) in [7, 11) is -9.90. The number of aliphatic hydroxyl groups is 1. The van der Waals surface area contributed by atoms with Gasteiger partial charge in [0.05, 0.1) is 26.4 Å². The molecule has 0 amide bonds. The Kier molecular flexibility index (Phi) is 65.5. The molecule has 0 spiro atoms. The van der Waals surface area contributed by atoms with Crippen LogP contribution in [0.3, 0.4) is 0 Å². The molecule has 0 aliphatic carbocycles. The van der Waals surface area contributed by atoms with Crippen LogP contribution >= 0.6 is 15.6 Å². The summed E-state index contributed by atoms with van der Waals surface area (Å²) in [6.45, 7) is 9.52. The molecular weight excluding hydrogens is 1230 g/mol. The molecule has 17 nitrogen and oxygen atoms in total. The van der Waals surface area contributed by atoms with Crippen LogP contribution in [0.15, 0.2) is 0 Å². The average molecular weight is 1380 g/mol. The second-order valence-corrected chi connectivity index (χ2v) is 30.9. The summed E-state index contributed by atoms with van der Waals surface area (Å²) in [6, 6.07) is 0. The third kappa shape index (κ3) is 68.6. The summed E-state index contributed by atoms with van der Waals surface area (Å²) in [6.07, 6.45) is 54.5. The van der Waals surface area contributed by atoms with Crippen LogP contribution in [0.1, 0.15) is 388 Å². The molecule has 0 aliphatic heterocycles. The first-order valence-corrected chi connectivity index (χ1v) is 42.0. The molecule has 0 aromatic carbocycles. The van der Waals surface area contributed by atoms with Gasteiger partial charge in [0.1, 0.15) is 19.3 Å². The van der Waals surface area contributed by atoms with Gasteiger partial charge >= 0.3 is 39.5 Å². The monoisotopic (exact) mass is 1380 g/mol. The maximum Gasteiger partial charge on any atom is 0.472 e. The van der Waals surface area contributed by atoms with Crippen molar-refractivity contribution in [3.05, 3.63) is 0 Å². The van der Waals surface area contributed by atoms with Crippen molar-refractivity contribution in [3.8, 4) is 0 Å². The van der Waals surface area contributed by atoms with Gasteiger partial charge in [-0.15, -0.1) is 0 Å². The number of carbonyl (C=O) groups is 4. The highest BCUT2D eigenvalue weighted by atomic mass is 31.2. The van der Waals surface area contributed by atoms with Gasteiger partial charge in [-0.2, -0.15) is 0 Å². The Labute approximate surface area is 575 Å². The molecule has 3 N–H and O–H groups in total. The van der Waals surface area contributed by atoms with Gasteiger partial charge in [0.25, 0.3) is 0 Å². The average Bonchev–Trinajstić information content (AvgIpc) is 1.20. The van der Waals surface area contributed by atoms with Crippen LogP contribution in [0, 0.1) is 11.8 Å². The SMILES string of the molecule is CCCCCCCCCCCCCCCCCCCCCC(=O)O[C@H](COC(=O)CCCCCCCCCCCCCCCC(C)C)COP(=O)(O)OC[C@@H](O)COP(=O)(O)OC[C@@H](COC(=O)CCCCCCC)OC(=O)CCCCCCCCCCCCCC(C)C. The van der Waals surface area contributed by atoms with Crippen LogP contribution in [-0.4, -0.2) is 96.7 Å². The fourth-order valence-electron chi connectivity index (χ4n) is 11.5. The number of esters is 4. The number of hydrogen-bond acceptors (Lipinski definition) is 15. The first-order chi connectivity index (χ1) is 45.4. The smallest absolute Gasteiger partial charge is 0.462 e. The van der Waals surface area contributed by atoms with Gasteiger partial charge in [0.15, 0.2) is 12.2 Å². The Morgan fingerprint density at radius 2 is 0.489 bits per heavy atom. The molecule has 2 unspecified atom stereocenters. The molecule has 558 valence electrons. The van der Waals surface area contributed by atoms with Crippen molar-refractivity contribution in [2.75, 3.05) is 39.6 Å². The van der Waals surface area contributed by atoms with E-state index in [1.165, 1.54) is 199 Å². The highest BCUT2D eigenvalue weighted by Gasteiger charge is 2.30. The largest absolute Gasteiger partial charge is 0.472 e. The quantitative estimate of drug-likeness (QED) is 0.0222. The lowest BCUT2D eigenvalue weighted by Crippen LogP contribution is -2.30. The van der Waals surface area contributed by atoms with E-state index in [1.54, 1.807) is 0 Å². The summed E-state index contributed by atoms with van der Waals surface area (Å²) in [5.74, 6) is -0.571. The van der Waals surface area contributed by atoms with Crippen molar-refractivity contribution in [1.82, 2.24) is 0 Å².